The summed E-state index contributed by atoms with van der Waals surface area (Å²) in [6.45, 7) is 2.79. The highest BCUT2D eigenvalue weighted by Crippen LogP contribution is 2.41. The molecule has 0 saturated carbocycles. The van der Waals surface area contributed by atoms with Crippen molar-refractivity contribution >= 4 is 16.7 Å². The molecule has 3 atom stereocenters. The molecular weight excluding hydrogens is 441 g/mol. The van der Waals surface area contributed by atoms with Crippen LogP contribution in [0.25, 0.3) is 10.8 Å². The molecule has 1 heterocycles. The van der Waals surface area contributed by atoms with Crippen molar-refractivity contribution in [1.29, 1.82) is 0 Å². The highest BCUT2D eigenvalue weighted by molar-refractivity contribution is 5.89. The van der Waals surface area contributed by atoms with Gasteiger partial charge < -0.3 is 14.8 Å². The van der Waals surface area contributed by atoms with Crippen molar-refractivity contribution in [2.45, 2.75) is 31.4 Å². The monoisotopic (exact) mass is 469 g/mol. The minimum atomic E-state index is -0.548. The van der Waals surface area contributed by atoms with E-state index in [1.54, 1.807) is 6.07 Å². The average molecular weight is 470 g/mol. The second-order valence-corrected chi connectivity index (χ2v) is 9.03. The third kappa shape index (κ3) is 4.77. The molecule has 5 heteroatoms. The molecule has 4 aromatic carbocycles. The van der Waals surface area contributed by atoms with E-state index in [1.165, 1.54) is 35.6 Å². The van der Waals surface area contributed by atoms with Gasteiger partial charge in [-0.3, -0.25) is 0 Å². The van der Waals surface area contributed by atoms with Gasteiger partial charge in [0, 0.05) is 24.1 Å². The normalized spacial score (nSPS) is 17.9. The van der Waals surface area contributed by atoms with Gasteiger partial charge in [0.1, 0.15) is 17.7 Å². The van der Waals surface area contributed by atoms with E-state index in [1.807, 2.05) is 24.3 Å². The molecule has 4 nitrogen and oxygen atoms in total. The fourth-order valence-electron chi connectivity index (χ4n) is 5.03. The smallest absolute Gasteiger partial charge is 0.337 e. The molecular formula is C30H28FNO3. The van der Waals surface area contributed by atoms with Gasteiger partial charge in [-0.25, -0.2) is 9.18 Å². The highest BCUT2D eigenvalue weighted by Gasteiger charge is 2.30. The molecule has 0 aromatic heterocycles. The molecule has 0 aliphatic carbocycles. The SMILES string of the molecule is COC(=O)c1cc(F)cc([C@@H]2C[C@H](CN[C@H](C)c3cccc4ccccc34)Oc3ccccc32)c1. The number of ether oxygens (including phenoxy) is 2. The Bertz CT molecular complexity index is 1360. The molecule has 1 aliphatic rings. The summed E-state index contributed by atoms with van der Waals surface area (Å²) in [5, 5.41) is 6.09. The quantitative estimate of drug-likeness (QED) is 0.332. The number of rotatable bonds is 6. The number of halogens is 1. The molecule has 1 aliphatic heterocycles. The maximum Gasteiger partial charge on any atom is 0.337 e. The minimum absolute atomic E-state index is 0.0984. The third-order valence-electron chi connectivity index (χ3n) is 6.77. The fraction of sp³-hybridized carbons (Fsp3) is 0.233. The van der Waals surface area contributed by atoms with Crippen LogP contribution in [0.15, 0.2) is 84.9 Å². The van der Waals surface area contributed by atoms with Gasteiger partial charge in [0.25, 0.3) is 0 Å². The second kappa shape index (κ2) is 9.88. The van der Waals surface area contributed by atoms with Crippen molar-refractivity contribution in [1.82, 2.24) is 5.32 Å². The molecule has 0 fully saturated rings. The topological polar surface area (TPSA) is 47.6 Å². The standard InChI is InChI=1S/C30H28FNO3/c1-19(25-12-7-9-20-8-3-4-10-26(20)25)32-18-24-17-28(27-11-5-6-13-29(27)35-24)21-14-22(30(33)34-2)16-23(31)15-21/h3-16,19,24,28,32H,17-18H2,1-2H3/t19-,24-,28+/m1/s1. The van der Waals surface area contributed by atoms with Crippen LogP contribution < -0.4 is 10.1 Å². The first kappa shape index (κ1) is 23.1. The second-order valence-electron chi connectivity index (χ2n) is 9.03. The summed E-state index contributed by atoms with van der Waals surface area (Å²) < 4.78 is 25.6. The Labute approximate surface area is 204 Å². The first-order valence-corrected chi connectivity index (χ1v) is 11.9. The van der Waals surface area contributed by atoms with E-state index in [4.69, 9.17) is 9.47 Å². The van der Waals surface area contributed by atoms with Crippen LogP contribution in [-0.4, -0.2) is 25.7 Å². The van der Waals surface area contributed by atoms with E-state index in [2.05, 4.69) is 54.7 Å². The first-order chi connectivity index (χ1) is 17.0. The van der Waals surface area contributed by atoms with Crippen LogP contribution in [0.4, 0.5) is 4.39 Å². The molecule has 1 N–H and O–H groups in total. The van der Waals surface area contributed by atoms with E-state index >= 15 is 0 Å². The van der Waals surface area contributed by atoms with Gasteiger partial charge in [0.2, 0.25) is 0 Å². The number of hydrogen-bond acceptors (Lipinski definition) is 4. The number of esters is 1. The molecule has 0 spiro atoms. The van der Waals surface area contributed by atoms with E-state index < -0.39 is 11.8 Å². The van der Waals surface area contributed by atoms with Crippen molar-refractivity contribution in [3.63, 3.8) is 0 Å². The summed E-state index contributed by atoms with van der Waals surface area (Å²) in [5.74, 6) is -0.310. The average Bonchev–Trinajstić information content (AvgIpc) is 2.90. The van der Waals surface area contributed by atoms with Gasteiger partial charge >= 0.3 is 5.97 Å². The zero-order valence-corrected chi connectivity index (χ0v) is 19.8. The number of benzene rings is 4. The number of para-hydroxylation sites is 1. The van der Waals surface area contributed by atoms with Crippen molar-refractivity contribution in [3.8, 4) is 5.75 Å². The summed E-state index contributed by atoms with van der Waals surface area (Å²) in [4.78, 5) is 12.1. The van der Waals surface area contributed by atoms with Crippen LogP contribution in [-0.2, 0) is 4.74 Å². The van der Waals surface area contributed by atoms with Crippen molar-refractivity contribution in [2.24, 2.45) is 0 Å². The third-order valence-corrected chi connectivity index (χ3v) is 6.77. The summed E-state index contributed by atoms with van der Waals surface area (Å²) in [5.41, 5.74) is 3.19. The Morgan fingerprint density at radius 3 is 2.69 bits per heavy atom. The number of methoxy groups -OCH3 is 1. The maximum absolute atomic E-state index is 14.5. The van der Waals surface area contributed by atoms with Crippen LogP contribution in [0.2, 0.25) is 0 Å². The lowest BCUT2D eigenvalue weighted by Crippen LogP contribution is -2.37. The van der Waals surface area contributed by atoms with Crippen molar-refractivity contribution < 1.29 is 18.7 Å². The first-order valence-electron chi connectivity index (χ1n) is 11.9. The Balaban J connectivity index is 1.39. The zero-order chi connectivity index (χ0) is 24.4. The van der Waals surface area contributed by atoms with E-state index in [0.29, 0.717) is 13.0 Å². The van der Waals surface area contributed by atoms with E-state index in [0.717, 1.165) is 16.9 Å². The van der Waals surface area contributed by atoms with Crippen LogP contribution in [0.5, 0.6) is 5.75 Å². The highest BCUT2D eigenvalue weighted by atomic mass is 19.1. The number of carbonyl (C=O) groups excluding carboxylic acids is 1. The van der Waals surface area contributed by atoms with E-state index in [9.17, 15) is 9.18 Å². The molecule has 178 valence electrons. The maximum atomic E-state index is 14.5. The largest absolute Gasteiger partial charge is 0.489 e. The van der Waals surface area contributed by atoms with Gasteiger partial charge in [0.05, 0.1) is 12.7 Å². The lowest BCUT2D eigenvalue weighted by molar-refractivity contribution is 0.0600. The Kier molecular flexibility index (Phi) is 6.51. The number of fused-ring (bicyclic) bond motifs is 2. The van der Waals surface area contributed by atoms with Gasteiger partial charge in [0.15, 0.2) is 0 Å². The fourth-order valence-corrected chi connectivity index (χ4v) is 5.03. The molecule has 0 amide bonds. The van der Waals surface area contributed by atoms with Crippen LogP contribution in [0.1, 0.15) is 52.4 Å². The predicted octanol–water partition coefficient (Wildman–Crippen LogP) is 6.40. The summed E-state index contributed by atoms with van der Waals surface area (Å²) in [6, 6.07) is 27.2. The van der Waals surface area contributed by atoms with Crippen LogP contribution in [0.3, 0.4) is 0 Å². The number of nitrogens with one attached hydrogen (secondary N) is 1. The minimum Gasteiger partial charge on any atom is -0.489 e. The van der Waals surface area contributed by atoms with Crippen molar-refractivity contribution in [2.75, 3.05) is 13.7 Å². The number of carbonyl (C=O) groups is 1. The summed E-state index contributed by atoms with van der Waals surface area (Å²) in [7, 11) is 1.30. The van der Waals surface area contributed by atoms with Gasteiger partial charge in [-0.2, -0.15) is 0 Å². The van der Waals surface area contributed by atoms with Gasteiger partial charge in [-0.05, 0) is 59.5 Å². The zero-order valence-electron chi connectivity index (χ0n) is 19.8. The van der Waals surface area contributed by atoms with Gasteiger partial charge in [-0.15, -0.1) is 0 Å². The van der Waals surface area contributed by atoms with Crippen LogP contribution >= 0.6 is 0 Å². The summed E-state index contributed by atoms with van der Waals surface area (Å²) in [6.07, 6.45) is 0.549. The molecule has 0 saturated heterocycles. The molecule has 35 heavy (non-hydrogen) atoms. The lowest BCUT2D eigenvalue weighted by atomic mass is 9.83. The van der Waals surface area contributed by atoms with E-state index in [-0.39, 0.29) is 23.6 Å². The van der Waals surface area contributed by atoms with Crippen molar-refractivity contribution in [3.05, 3.63) is 113 Å². The molecule has 0 bridgehead atoms. The summed E-state index contributed by atoms with van der Waals surface area (Å²) >= 11 is 0. The van der Waals surface area contributed by atoms with Crippen LogP contribution in [0, 0.1) is 5.82 Å². The molecule has 0 radical (unpaired) electrons. The molecule has 5 rings (SSSR count). The molecule has 0 unspecified atom stereocenters. The van der Waals surface area contributed by atoms with Gasteiger partial charge in [-0.1, -0.05) is 60.7 Å². The Morgan fingerprint density at radius 2 is 1.83 bits per heavy atom. The Hall–Kier alpha value is -3.70. The molecule has 4 aromatic rings. The Morgan fingerprint density at radius 1 is 1.06 bits per heavy atom. The lowest BCUT2D eigenvalue weighted by Gasteiger charge is -2.33. The predicted molar refractivity (Wildman–Crippen MR) is 135 cm³/mol. The number of hydrogen-bond donors (Lipinski definition) is 1.